The maximum atomic E-state index is 12.0. The number of nitrogens with zero attached hydrogens (tertiary/aromatic N) is 3. The van der Waals surface area contributed by atoms with E-state index in [0.717, 1.165) is 17.1 Å². The molecule has 1 saturated carbocycles. The van der Waals surface area contributed by atoms with Gasteiger partial charge in [-0.3, -0.25) is 4.79 Å². The van der Waals surface area contributed by atoms with E-state index in [2.05, 4.69) is 4.98 Å². The number of hydrogen-bond acceptors (Lipinski definition) is 5. The third kappa shape index (κ3) is 2.71. The van der Waals surface area contributed by atoms with Crippen LogP contribution in [0.5, 0.6) is 0 Å². The van der Waals surface area contributed by atoms with E-state index < -0.39 is 0 Å². The number of carbonyl (C=O) groups is 1. The molecular formula is C18H25N3O3. The lowest BCUT2D eigenvalue weighted by Gasteiger charge is -2.47. The monoisotopic (exact) mass is 331 g/mol. The minimum Gasteiger partial charge on any atom is -0.372 e. The molecule has 2 aliphatic heterocycles. The standard InChI is InChI=1S/C18H25N3O3/c1-2-23-10-16(22)21-11-18(12-21)14-8-19-17(20-15(14)9-24-18)13-6-4-3-5-7-13/h8,13H,2-7,9-12H2,1H3. The number of fused-ring (bicyclic) bond motifs is 2. The van der Waals surface area contributed by atoms with E-state index in [4.69, 9.17) is 14.5 Å². The summed E-state index contributed by atoms with van der Waals surface area (Å²) < 4.78 is 11.2. The van der Waals surface area contributed by atoms with Crippen LogP contribution in [-0.4, -0.2) is 47.1 Å². The van der Waals surface area contributed by atoms with Crippen molar-refractivity contribution >= 4 is 5.91 Å². The molecule has 0 atom stereocenters. The van der Waals surface area contributed by atoms with Crippen LogP contribution in [-0.2, 0) is 26.5 Å². The minimum absolute atomic E-state index is 0.0271. The van der Waals surface area contributed by atoms with Crippen molar-refractivity contribution in [3.63, 3.8) is 0 Å². The first-order valence-electron chi connectivity index (χ1n) is 9.07. The SMILES string of the molecule is CCOCC(=O)N1CC2(C1)OCc1nc(C3CCCCC3)ncc12. The van der Waals surface area contributed by atoms with E-state index in [0.29, 0.717) is 32.2 Å². The van der Waals surface area contributed by atoms with E-state index in [1.807, 2.05) is 13.1 Å². The number of hydrogen-bond donors (Lipinski definition) is 0. The number of ether oxygens (including phenoxy) is 2. The van der Waals surface area contributed by atoms with Gasteiger partial charge in [0, 0.05) is 24.3 Å². The van der Waals surface area contributed by atoms with Crippen molar-refractivity contribution < 1.29 is 14.3 Å². The molecule has 1 aromatic heterocycles. The smallest absolute Gasteiger partial charge is 0.248 e. The van der Waals surface area contributed by atoms with E-state index in [1.165, 1.54) is 32.1 Å². The molecule has 4 rings (SSSR count). The fourth-order valence-corrected chi connectivity index (χ4v) is 4.05. The van der Waals surface area contributed by atoms with E-state index in [-0.39, 0.29) is 18.1 Å². The highest BCUT2D eigenvalue weighted by molar-refractivity contribution is 5.79. The van der Waals surface area contributed by atoms with Gasteiger partial charge in [-0.15, -0.1) is 0 Å². The molecule has 1 aliphatic carbocycles. The van der Waals surface area contributed by atoms with Crippen LogP contribution in [0.4, 0.5) is 0 Å². The predicted octanol–water partition coefficient (Wildman–Crippen LogP) is 2.13. The zero-order valence-corrected chi connectivity index (χ0v) is 14.3. The van der Waals surface area contributed by atoms with Gasteiger partial charge in [-0.1, -0.05) is 19.3 Å². The second-order valence-electron chi connectivity index (χ2n) is 7.09. The molecule has 0 bridgehead atoms. The van der Waals surface area contributed by atoms with Crippen molar-refractivity contribution in [3.8, 4) is 0 Å². The highest BCUT2D eigenvalue weighted by Crippen LogP contribution is 2.43. The molecule has 1 aromatic rings. The van der Waals surface area contributed by atoms with E-state index >= 15 is 0 Å². The largest absolute Gasteiger partial charge is 0.372 e. The summed E-state index contributed by atoms with van der Waals surface area (Å²) in [6.45, 7) is 4.29. The fourth-order valence-electron chi connectivity index (χ4n) is 4.05. The Morgan fingerprint density at radius 2 is 2.17 bits per heavy atom. The molecule has 0 unspecified atom stereocenters. The van der Waals surface area contributed by atoms with Gasteiger partial charge in [-0.05, 0) is 19.8 Å². The normalized spacial score (nSPS) is 22.5. The van der Waals surface area contributed by atoms with Crippen LogP contribution in [0, 0.1) is 0 Å². The van der Waals surface area contributed by atoms with Gasteiger partial charge in [0.25, 0.3) is 0 Å². The third-order valence-electron chi connectivity index (χ3n) is 5.51. The van der Waals surface area contributed by atoms with Gasteiger partial charge in [0.1, 0.15) is 18.0 Å². The number of rotatable bonds is 4. The molecule has 130 valence electrons. The maximum Gasteiger partial charge on any atom is 0.248 e. The molecule has 0 aromatic carbocycles. The number of likely N-dealkylation sites (tertiary alicyclic amines) is 1. The average Bonchev–Trinajstić information content (AvgIpc) is 2.98. The van der Waals surface area contributed by atoms with Crippen molar-refractivity contribution in [2.45, 2.75) is 57.2 Å². The molecule has 2 fully saturated rings. The fraction of sp³-hybridized carbons (Fsp3) is 0.722. The maximum absolute atomic E-state index is 12.0. The van der Waals surface area contributed by atoms with Crippen LogP contribution in [0.1, 0.15) is 62.0 Å². The van der Waals surface area contributed by atoms with Gasteiger partial charge in [0.2, 0.25) is 5.91 Å². The highest BCUT2D eigenvalue weighted by atomic mass is 16.5. The summed E-state index contributed by atoms with van der Waals surface area (Å²) in [4.78, 5) is 23.3. The molecule has 3 aliphatic rings. The van der Waals surface area contributed by atoms with E-state index in [1.54, 1.807) is 4.90 Å². The van der Waals surface area contributed by atoms with Gasteiger partial charge in [-0.25, -0.2) is 9.97 Å². The molecule has 0 N–H and O–H groups in total. The average molecular weight is 331 g/mol. The molecule has 1 amide bonds. The van der Waals surface area contributed by atoms with Gasteiger partial charge in [-0.2, -0.15) is 0 Å². The summed E-state index contributed by atoms with van der Waals surface area (Å²) >= 11 is 0. The summed E-state index contributed by atoms with van der Waals surface area (Å²) in [7, 11) is 0. The first-order valence-corrected chi connectivity index (χ1v) is 9.07. The molecule has 0 radical (unpaired) electrons. The zero-order valence-electron chi connectivity index (χ0n) is 14.3. The summed E-state index contributed by atoms with van der Waals surface area (Å²) in [6, 6.07) is 0. The first-order chi connectivity index (χ1) is 11.7. The minimum atomic E-state index is -0.387. The summed E-state index contributed by atoms with van der Waals surface area (Å²) in [5.74, 6) is 1.52. The lowest BCUT2D eigenvalue weighted by Crippen LogP contribution is -2.61. The second kappa shape index (κ2) is 6.41. The Kier molecular flexibility index (Phi) is 4.26. The molecule has 6 nitrogen and oxygen atoms in total. The quantitative estimate of drug-likeness (QED) is 0.846. The molecular weight excluding hydrogens is 306 g/mol. The Bertz CT molecular complexity index is 622. The topological polar surface area (TPSA) is 64.5 Å². The highest BCUT2D eigenvalue weighted by Gasteiger charge is 2.52. The number of amides is 1. The Morgan fingerprint density at radius 1 is 1.38 bits per heavy atom. The summed E-state index contributed by atoms with van der Waals surface area (Å²) in [5, 5.41) is 0. The molecule has 6 heteroatoms. The van der Waals surface area contributed by atoms with Gasteiger partial charge < -0.3 is 14.4 Å². The Hall–Kier alpha value is -1.53. The Morgan fingerprint density at radius 3 is 2.92 bits per heavy atom. The van der Waals surface area contributed by atoms with Crippen LogP contribution < -0.4 is 0 Å². The van der Waals surface area contributed by atoms with Gasteiger partial charge in [0.15, 0.2) is 0 Å². The second-order valence-corrected chi connectivity index (χ2v) is 7.09. The van der Waals surface area contributed by atoms with Gasteiger partial charge >= 0.3 is 0 Å². The lowest BCUT2D eigenvalue weighted by molar-refractivity contribution is -0.172. The molecule has 24 heavy (non-hydrogen) atoms. The zero-order chi connectivity index (χ0) is 16.6. The Balaban J connectivity index is 1.45. The van der Waals surface area contributed by atoms with Crippen LogP contribution in [0.15, 0.2) is 6.20 Å². The summed E-state index contributed by atoms with van der Waals surface area (Å²) in [6.07, 6.45) is 8.24. The van der Waals surface area contributed by atoms with Crippen molar-refractivity contribution in [2.75, 3.05) is 26.3 Å². The van der Waals surface area contributed by atoms with E-state index in [9.17, 15) is 4.79 Å². The van der Waals surface area contributed by atoms with Crippen LogP contribution in [0.2, 0.25) is 0 Å². The lowest BCUT2D eigenvalue weighted by atomic mass is 9.86. The number of aromatic nitrogens is 2. The summed E-state index contributed by atoms with van der Waals surface area (Å²) in [5.41, 5.74) is 1.70. The third-order valence-corrected chi connectivity index (χ3v) is 5.51. The Labute approximate surface area is 142 Å². The van der Waals surface area contributed by atoms with Crippen LogP contribution in [0.25, 0.3) is 0 Å². The van der Waals surface area contributed by atoms with Crippen molar-refractivity contribution in [3.05, 3.63) is 23.3 Å². The van der Waals surface area contributed by atoms with Crippen LogP contribution in [0.3, 0.4) is 0 Å². The predicted molar refractivity (Wildman–Crippen MR) is 87.4 cm³/mol. The van der Waals surface area contributed by atoms with Crippen LogP contribution >= 0.6 is 0 Å². The molecule has 1 saturated heterocycles. The van der Waals surface area contributed by atoms with Crippen molar-refractivity contribution in [1.29, 1.82) is 0 Å². The molecule has 3 heterocycles. The first kappa shape index (κ1) is 16.0. The molecule has 1 spiro atoms. The number of carbonyl (C=O) groups excluding carboxylic acids is 1. The van der Waals surface area contributed by atoms with Gasteiger partial charge in [0.05, 0.1) is 25.4 Å². The van der Waals surface area contributed by atoms with Crippen molar-refractivity contribution in [1.82, 2.24) is 14.9 Å². The van der Waals surface area contributed by atoms with Crippen molar-refractivity contribution in [2.24, 2.45) is 0 Å².